The second-order valence-corrected chi connectivity index (χ2v) is 5.94. The van der Waals surface area contributed by atoms with Crippen LogP contribution in [0.4, 0.5) is 13.2 Å². The molecule has 2 heterocycles. The summed E-state index contributed by atoms with van der Waals surface area (Å²) in [6.07, 6.45) is -6.22. The van der Waals surface area contributed by atoms with E-state index in [1.807, 2.05) is 6.92 Å². The first-order valence-electron chi connectivity index (χ1n) is 8.06. The Balaban J connectivity index is 1.82. The van der Waals surface area contributed by atoms with E-state index in [0.29, 0.717) is 30.0 Å². The summed E-state index contributed by atoms with van der Waals surface area (Å²) in [5.74, 6) is 0.677. The van der Waals surface area contributed by atoms with Crippen LogP contribution in [0, 0.1) is 0 Å². The number of pyridine rings is 1. The molecule has 1 unspecified atom stereocenters. The standard InChI is InChI=1S/C17H19F3N2O3/c1-2-24-13-3-4-14-11(8-13)7-12(16(23)21-14)9-22-5-6-25-15(10-22)17(18,19)20/h3-4,7-8,15H,2,5-6,9-10H2,1H3,(H,21,23). The number of hydrogen-bond donors (Lipinski definition) is 1. The maximum absolute atomic E-state index is 12.8. The fourth-order valence-corrected chi connectivity index (χ4v) is 2.89. The van der Waals surface area contributed by atoms with E-state index in [1.165, 1.54) is 0 Å². The maximum atomic E-state index is 12.8. The van der Waals surface area contributed by atoms with Crippen molar-refractivity contribution in [1.29, 1.82) is 0 Å². The van der Waals surface area contributed by atoms with E-state index in [9.17, 15) is 18.0 Å². The van der Waals surface area contributed by atoms with Crippen molar-refractivity contribution in [3.63, 3.8) is 0 Å². The minimum Gasteiger partial charge on any atom is -0.494 e. The van der Waals surface area contributed by atoms with Crippen LogP contribution < -0.4 is 10.3 Å². The highest BCUT2D eigenvalue weighted by molar-refractivity contribution is 5.80. The summed E-state index contributed by atoms with van der Waals surface area (Å²) in [7, 11) is 0. The van der Waals surface area contributed by atoms with Gasteiger partial charge in [0, 0.05) is 36.1 Å². The van der Waals surface area contributed by atoms with Crippen LogP contribution in [-0.2, 0) is 11.3 Å². The number of ether oxygens (including phenoxy) is 2. The van der Waals surface area contributed by atoms with Crippen LogP contribution in [0.25, 0.3) is 10.9 Å². The van der Waals surface area contributed by atoms with E-state index in [4.69, 9.17) is 9.47 Å². The van der Waals surface area contributed by atoms with Gasteiger partial charge in [-0.15, -0.1) is 0 Å². The summed E-state index contributed by atoms with van der Waals surface area (Å²) in [6.45, 7) is 2.60. The SMILES string of the molecule is CCOc1ccc2[nH]c(=O)c(CN3CCOC(C(F)(F)F)C3)cc2c1. The molecule has 3 rings (SSSR count). The first-order valence-corrected chi connectivity index (χ1v) is 8.06. The van der Waals surface area contributed by atoms with Crippen molar-refractivity contribution in [2.24, 2.45) is 0 Å². The summed E-state index contributed by atoms with van der Waals surface area (Å²) >= 11 is 0. The van der Waals surface area contributed by atoms with Gasteiger partial charge in [0.15, 0.2) is 6.10 Å². The highest BCUT2D eigenvalue weighted by atomic mass is 19.4. The van der Waals surface area contributed by atoms with Gasteiger partial charge in [-0.1, -0.05) is 0 Å². The number of morpholine rings is 1. The lowest BCUT2D eigenvalue weighted by Gasteiger charge is -2.33. The topological polar surface area (TPSA) is 54.6 Å². The molecular weight excluding hydrogens is 337 g/mol. The number of aromatic nitrogens is 1. The van der Waals surface area contributed by atoms with E-state index >= 15 is 0 Å². The average molecular weight is 356 g/mol. The second-order valence-electron chi connectivity index (χ2n) is 5.94. The van der Waals surface area contributed by atoms with Crippen LogP contribution in [0.1, 0.15) is 12.5 Å². The number of nitrogens with zero attached hydrogens (tertiary/aromatic N) is 1. The lowest BCUT2D eigenvalue weighted by molar-refractivity contribution is -0.237. The molecule has 1 N–H and O–H groups in total. The van der Waals surface area contributed by atoms with Crippen molar-refractivity contribution in [2.75, 3.05) is 26.3 Å². The van der Waals surface area contributed by atoms with Crippen molar-refractivity contribution < 1.29 is 22.6 Å². The number of alkyl halides is 3. The molecule has 1 aromatic carbocycles. The number of nitrogens with one attached hydrogen (secondary N) is 1. The third-order valence-electron chi connectivity index (χ3n) is 4.11. The summed E-state index contributed by atoms with van der Waals surface area (Å²) in [6, 6.07) is 7.02. The van der Waals surface area contributed by atoms with Crippen molar-refractivity contribution in [1.82, 2.24) is 9.88 Å². The molecule has 0 radical (unpaired) electrons. The number of aromatic amines is 1. The maximum Gasteiger partial charge on any atom is 0.415 e. The Morgan fingerprint density at radius 3 is 2.88 bits per heavy atom. The van der Waals surface area contributed by atoms with Gasteiger partial charge < -0.3 is 14.5 Å². The smallest absolute Gasteiger partial charge is 0.415 e. The van der Waals surface area contributed by atoms with Gasteiger partial charge in [-0.2, -0.15) is 13.2 Å². The van der Waals surface area contributed by atoms with Crippen LogP contribution in [0.3, 0.4) is 0 Å². The molecule has 2 aromatic rings. The van der Waals surface area contributed by atoms with Gasteiger partial charge in [-0.3, -0.25) is 9.69 Å². The molecule has 1 atom stereocenters. The Bertz CT molecular complexity index is 804. The molecule has 25 heavy (non-hydrogen) atoms. The molecule has 0 amide bonds. The highest BCUT2D eigenvalue weighted by Gasteiger charge is 2.43. The largest absolute Gasteiger partial charge is 0.494 e. The summed E-state index contributed by atoms with van der Waals surface area (Å²) in [5, 5.41) is 0.779. The van der Waals surface area contributed by atoms with Gasteiger partial charge in [0.25, 0.3) is 5.56 Å². The third kappa shape index (κ3) is 4.13. The molecule has 0 spiro atoms. The normalized spacial score (nSPS) is 19.3. The van der Waals surface area contributed by atoms with Gasteiger partial charge >= 0.3 is 6.18 Å². The lowest BCUT2D eigenvalue weighted by Crippen LogP contribution is -2.49. The van der Waals surface area contributed by atoms with E-state index < -0.39 is 12.3 Å². The van der Waals surface area contributed by atoms with Crippen molar-refractivity contribution >= 4 is 10.9 Å². The Kier molecular flexibility index (Phi) is 5.01. The number of fused-ring (bicyclic) bond motifs is 1. The molecular formula is C17H19F3N2O3. The van der Waals surface area contributed by atoms with E-state index in [0.717, 1.165) is 5.39 Å². The predicted octanol–water partition coefficient (Wildman–Crippen LogP) is 2.69. The summed E-state index contributed by atoms with van der Waals surface area (Å²) < 4.78 is 48.7. The Morgan fingerprint density at radius 2 is 2.16 bits per heavy atom. The summed E-state index contributed by atoms with van der Waals surface area (Å²) in [4.78, 5) is 16.6. The molecule has 1 saturated heterocycles. The van der Waals surface area contributed by atoms with Crippen molar-refractivity contribution in [3.05, 3.63) is 40.2 Å². The van der Waals surface area contributed by atoms with Gasteiger partial charge in [0.2, 0.25) is 0 Å². The minimum absolute atomic E-state index is 0.00977. The van der Waals surface area contributed by atoms with Crippen LogP contribution in [0.2, 0.25) is 0 Å². The molecule has 1 aliphatic heterocycles. The van der Waals surface area contributed by atoms with Crippen molar-refractivity contribution in [2.45, 2.75) is 25.7 Å². The van der Waals surface area contributed by atoms with E-state index in [-0.39, 0.29) is 25.3 Å². The Hall–Kier alpha value is -2.06. The molecule has 136 valence electrons. The van der Waals surface area contributed by atoms with Gasteiger partial charge in [-0.05, 0) is 31.2 Å². The second kappa shape index (κ2) is 7.05. The molecule has 8 heteroatoms. The molecule has 1 aromatic heterocycles. The van der Waals surface area contributed by atoms with Gasteiger partial charge in [0.05, 0.1) is 13.2 Å². The summed E-state index contributed by atoms with van der Waals surface area (Å²) in [5.41, 5.74) is 0.781. The first kappa shape index (κ1) is 17.8. The quantitative estimate of drug-likeness (QED) is 0.915. The monoisotopic (exact) mass is 356 g/mol. The van der Waals surface area contributed by atoms with Gasteiger partial charge in [-0.25, -0.2) is 0 Å². The first-order chi connectivity index (χ1) is 11.9. The molecule has 5 nitrogen and oxygen atoms in total. The van der Waals surface area contributed by atoms with Crippen LogP contribution in [0.15, 0.2) is 29.1 Å². The molecule has 0 aliphatic carbocycles. The van der Waals surface area contributed by atoms with E-state index in [2.05, 4.69) is 4.98 Å². The zero-order valence-corrected chi connectivity index (χ0v) is 13.7. The molecule has 0 saturated carbocycles. The minimum atomic E-state index is -4.40. The lowest BCUT2D eigenvalue weighted by atomic mass is 10.1. The van der Waals surface area contributed by atoms with Crippen LogP contribution in [-0.4, -0.2) is 48.5 Å². The zero-order valence-electron chi connectivity index (χ0n) is 13.7. The average Bonchev–Trinajstić information content (AvgIpc) is 2.56. The van der Waals surface area contributed by atoms with Crippen molar-refractivity contribution in [3.8, 4) is 5.75 Å². The van der Waals surface area contributed by atoms with Crippen LogP contribution in [0.5, 0.6) is 5.75 Å². The predicted molar refractivity (Wildman–Crippen MR) is 86.8 cm³/mol. The van der Waals surface area contributed by atoms with E-state index in [1.54, 1.807) is 29.2 Å². The van der Waals surface area contributed by atoms with Crippen LogP contribution >= 0.6 is 0 Å². The molecule has 1 fully saturated rings. The molecule has 0 bridgehead atoms. The Morgan fingerprint density at radius 1 is 1.36 bits per heavy atom. The fourth-order valence-electron chi connectivity index (χ4n) is 2.89. The molecule has 1 aliphatic rings. The zero-order chi connectivity index (χ0) is 18.0. The Labute approximate surface area is 142 Å². The number of halogens is 3. The fraction of sp³-hybridized carbons (Fsp3) is 0.471. The number of H-pyrrole nitrogens is 1. The third-order valence-corrected chi connectivity index (χ3v) is 4.11. The van der Waals surface area contributed by atoms with Gasteiger partial charge in [0.1, 0.15) is 5.75 Å². The number of benzene rings is 1. The number of rotatable bonds is 4. The number of hydrogen-bond acceptors (Lipinski definition) is 4. The highest BCUT2D eigenvalue weighted by Crippen LogP contribution is 2.26.